The van der Waals surface area contributed by atoms with Crippen LogP contribution in [-0.2, 0) is 6.42 Å². The molecule has 0 radical (unpaired) electrons. The van der Waals surface area contributed by atoms with Crippen LogP contribution < -0.4 is 0 Å². The van der Waals surface area contributed by atoms with Crippen LogP contribution in [0.5, 0.6) is 0 Å². The maximum absolute atomic E-state index is 2.39. The molecule has 3 rings (SSSR count). The first-order valence-corrected chi connectivity index (χ1v) is 7.40. The summed E-state index contributed by atoms with van der Waals surface area (Å²) in [7, 11) is 4.41. The Balaban J connectivity index is 0.00000161. The van der Waals surface area contributed by atoms with Gasteiger partial charge in [-0.25, -0.2) is 0 Å². The summed E-state index contributed by atoms with van der Waals surface area (Å²) in [6, 6.07) is 19.9. The Morgan fingerprint density at radius 2 is 1.57 bits per heavy atom. The average Bonchev–Trinajstić information content (AvgIpc) is 2.47. The van der Waals surface area contributed by atoms with E-state index in [1.165, 1.54) is 23.1 Å². The van der Waals surface area contributed by atoms with E-state index in [9.17, 15) is 0 Å². The molecule has 21 heavy (non-hydrogen) atoms. The van der Waals surface area contributed by atoms with Crippen LogP contribution in [0, 0.1) is 0 Å². The molecule has 0 saturated heterocycles. The van der Waals surface area contributed by atoms with Crippen LogP contribution in [0.3, 0.4) is 0 Å². The zero-order chi connectivity index (χ0) is 14.2. The Morgan fingerprint density at radius 1 is 0.952 bits per heavy atom. The molecule has 2 atom stereocenters. The second kappa shape index (κ2) is 6.21. The number of halogens is 1. The molecule has 0 aromatic heterocycles. The maximum Gasteiger partial charge on any atom is 0.0224 e. The normalized spacial score (nSPS) is 24.3. The van der Waals surface area contributed by atoms with E-state index in [0.717, 1.165) is 6.42 Å². The van der Waals surface area contributed by atoms with Crippen molar-refractivity contribution in [3.05, 3.63) is 71.3 Å². The highest BCUT2D eigenvalue weighted by molar-refractivity contribution is 5.85. The fourth-order valence-electron chi connectivity index (χ4n) is 3.39. The van der Waals surface area contributed by atoms with Crippen molar-refractivity contribution >= 4 is 12.4 Å². The van der Waals surface area contributed by atoms with Gasteiger partial charge >= 0.3 is 0 Å². The van der Waals surface area contributed by atoms with Gasteiger partial charge < -0.3 is 4.90 Å². The minimum Gasteiger partial charge on any atom is -0.304 e. The van der Waals surface area contributed by atoms with Crippen molar-refractivity contribution < 1.29 is 0 Å². The molecule has 1 nitrogen and oxygen atoms in total. The number of rotatable bonds is 2. The Labute approximate surface area is 134 Å². The van der Waals surface area contributed by atoms with Crippen molar-refractivity contribution in [2.75, 3.05) is 14.1 Å². The van der Waals surface area contributed by atoms with Crippen LogP contribution in [-0.4, -0.2) is 24.5 Å². The van der Waals surface area contributed by atoms with E-state index in [1.54, 1.807) is 0 Å². The molecule has 112 valence electrons. The van der Waals surface area contributed by atoms with Gasteiger partial charge in [0, 0.05) is 11.5 Å². The van der Waals surface area contributed by atoms with Crippen LogP contribution in [0.1, 0.15) is 36.0 Å². The summed E-state index contributed by atoms with van der Waals surface area (Å²) in [5, 5.41) is 0. The highest BCUT2D eigenvalue weighted by Gasteiger charge is 2.37. The van der Waals surface area contributed by atoms with Crippen LogP contribution in [0.15, 0.2) is 54.6 Å². The Hall–Kier alpha value is -1.31. The highest BCUT2D eigenvalue weighted by atomic mass is 35.5. The first kappa shape index (κ1) is 16.1. The summed E-state index contributed by atoms with van der Waals surface area (Å²) in [6.45, 7) is 2.39. The summed E-state index contributed by atoms with van der Waals surface area (Å²) in [5.41, 5.74) is 4.68. The van der Waals surface area contributed by atoms with E-state index in [1.807, 2.05) is 0 Å². The molecule has 1 aliphatic rings. The predicted octanol–water partition coefficient (Wildman–Crippen LogP) is 4.51. The van der Waals surface area contributed by atoms with Crippen molar-refractivity contribution in [3.8, 4) is 0 Å². The second-order valence-corrected chi connectivity index (χ2v) is 6.43. The second-order valence-electron chi connectivity index (χ2n) is 6.43. The SMILES string of the molecule is CN(C)[C@]1(C)Cc2ccccc2[C@@H](c2ccccc2)C1.Cl. The quantitative estimate of drug-likeness (QED) is 0.789. The molecule has 1 aliphatic carbocycles. The zero-order valence-corrected chi connectivity index (χ0v) is 13.9. The summed E-state index contributed by atoms with van der Waals surface area (Å²) in [6.07, 6.45) is 2.32. The number of benzene rings is 2. The van der Waals surface area contributed by atoms with Gasteiger partial charge in [-0.3, -0.25) is 0 Å². The smallest absolute Gasteiger partial charge is 0.0224 e. The molecule has 2 heteroatoms. The van der Waals surface area contributed by atoms with Gasteiger partial charge in [0.25, 0.3) is 0 Å². The van der Waals surface area contributed by atoms with Crippen LogP contribution in [0.2, 0.25) is 0 Å². The van der Waals surface area contributed by atoms with Crippen LogP contribution in [0.25, 0.3) is 0 Å². The largest absolute Gasteiger partial charge is 0.304 e. The van der Waals surface area contributed by atoms with Crippen molar-refractivity contribution in [2.24, 2.45) is 0 Å². The minimum absolute atomic E-state index is 0. The number of nitrogens with zero attached hydrogens (tertiary/aromatic N) is 1. The van der Waals surface area contributed by atoms with E-state index in [0.29, 0.717) is 5.92 Å². The lowest BCUT2D eigenvalue weighted by atomic mass is 9.70. The molecular weight excluding hydrogens is 278 g/mol. The molecule has 0 amide bonds. The summed E-state index contributed by atoms with van der Waals surface area (Å²) in [4.78, 5) is 2.39. The van der Waals surface area contributed by atoms with Crippen LogP contribution >= 0.6 is 12.4 Å². The lowest BCUT2D eigenvalue weighted by molar-refractivity contribution is 0.144. The number of hydrogen-bond acceptors (Lipinski definition) is 1. The van der Waals surface area contributed by atoms with E-state index < -0.39 is 0 Å². The Bertz CT molecular complexity index is 594. The van der Waals surface area contributed by atoms with Gasteiger partial charge in [-0.1, -0.05) is 54.6 Å². The Kier molecular flexibility index (Phi) is 4.75. The third kappa shape index (κ3) is 3.00. The maximum atomic E-state index is 2.39. The third-order valence-corrected chi connectivity index (χ3v) is 4.93. The lowest BCUT2D eigenvalue weighted by Gasteiger charge is -2.44. The van der Waals surface area contributed by atoms with Crippen molar-refractivity contribution in [1.82, 2.24) is 4.90 Å². The topological polar surface area (TPSA) is 3.24 Å². The van der Waals surface area contributed by atoms with Crippen molar-refractivity contribution in [1.29, 1.82) is 0 Å². The summed E-state index contributed by atoms with van der Waals surface area (Å²) >= 11 is 0. The molecule has 2 aromatic rings. The monoisotopic (exact) mass is 301 g/mol. The number of likely N-dealkylation sites (N-methyl/N-ethyl adjacent to an activating group) is 1. The van der Waals surface area contributed by atoms with Crippen LogP contribution in [0.4, 0.5) is 0 Å². The summed E-state index contributed by atoms with van der Waals surface area (Å²) < 4.78 is 0. The van der Waals surface area contributed by atoms with Crippen molar-refractivity contribution in [3.63, 3.8) is 0 Å². The van der Waals surface area contributed by atoms with E-state index in [4.69, 9.17) is 0 Å². The third-order valence-electron chi connectivity index (χ3n) is 4.93. The molecule has 0 N–H and O–H groups in total. The molecule has 2 aromatic carbocycles. The zero-order valence-electron chi connectivity index (χ0n) is 13.0. The van der Waals surface area contributed by atoms with Gasteiger partial charge in [-0.05, 0) is 50.6 Å². The van der Waals surface area contributed by atoms with E-state index in [-0.39, 0.29) is 17.9 Å². The highest BCUT2D eigenvalue weighted by Crippen LogP contribution is 2.42. The number of hydrogen-bond donors (Lipinski definition) is 0. The molecule has 0 saturated carbocycles. The molecule has 0 aliphatic heterocycles. The van der Waals surface area contributed by atoms with Gasteiger partial charge in [0.15, 0.2) is 0 Å². The Morgan fingerprint density at radius 3 is 2.24 bits per heavy atom. The van der Waals surface area contributed by atoms with Gasteiger partial charge in [0.2, 0.25) is 0 Å². The molecule has 0 fully saturated rings. The van der Waals surface area contributed by atoms with Gasteiger partial charge in [0.05, 0.1) is 0 Å². The van der Waals surface area contributed by atoms with Gasteiger partial charge in [-0.15, -0.1) is 12.4 Å². The molecule has 0 bridgehead atoms. The molecule has 0 heterocycles. The molecule has 0 unspecified atom stereocenters. The fraction of sp³-hybridized carbons (Fsp3) is 0.368. The van der Waals surface area contributed by atoms with E-state index >= 15 is 0 Å². The number of fused-ring (bicyclic) bond motifs is 1. The van der Waals surface area contributed by atoms with E-state index in [2.05, 4.69) is 80.5 Å². The lowest BCUT2D eigenvalue weighted by Crippen LogP contribution is -2.47. The molecular formula is C19H24ClN. The average molecular weight is 302 g/mol. The minimum atomic E-state index is 0. The van der Waals surface area contributed by atoms with Crippen molar-refractivity contribution in [2.45, 2.75) is 31.2 Å². The first-order valence-electron chi connectivity index (χ1n) is 7.40. The fourth-order valence-corrected chi connectivity index (χ4v) is 3.39. The van der Waals surface area contributed by atoms with Gasteiger partial charge in [0.1, 0.15) is 0 Å². The standard InChI is InChI=1S/C19H23N.ClH/c1-19(20(2)3)13-16-11-7-8-12-17(16)18(14-19)15-9-5-4-6-10-15;/h4-12,18H,13-14H2,1-3H3;1H/t18-,19-;/m1./s1. The predicted molar refractivity (Wildman–Crippen MR) is 92.4 cm³/mol. The summed E-state index contributed by atoms with van der Waals surface area (Å²) in [5.74, 6) is 0.508. The molecule has 0 spiro atoms. The first-order chi connectivity index (χ1) is 9.60. The van der Waals surface area contributed by atoms with Gasteiger partial charge in [-0.2, -0.15) is 0 Å².